The molecule has 3 heterocycles. The van der Waals surface area contributed by atoms with Gasteiger partial charge in [-0.25, -0.2) is 0 Å². The molecule has 2 aliphatic rings. The van der Waals surface area contributed by atoms with E-state index in [4.69, 9.17) is 14.6 Å². The largest absolute Gasteiger partial charge is 0.487 e. The van der Waals surface area contributed by atoms with Crippen molar-refractivity contribution < 1.29 is 13.9 Å². The summed E-state index contributed by atoms with van der Waals surface area (Å²) in [6, 6.07) is 27.3. The first-order chi connectivity index (χ1) is 17.6. The second-order valence-corrected chi connectivity index (χ2v) is 9.94. The summed E-state index contributed by atoms with van der Waals surface area (Å²) in [4.78, 5) is 17.9. The van der Waals surface area contributed by atoms with Crippen molar-refractivity contribution in [3.63, 3.8) is 0 Å². The number of hydrogen-bond donors (Lipinski definition) is 1. The number of carbonyl (C=O) groups is 1. The molecule has 4 aromatic rings. The zero-order chi connectivity index (χ0) is 24.5. The third-order valence-corrected chi connectivity index (χ3v) is 7.33. The van der Waals surface area contributed by atoms with Gasteiger partial charge in [-0.1, -0.05) is 66.4 Å². The number of benzene rings is 3. The molecule has 3 aromatic carbocycles. The van der Waals surface area contributed by atoms with Crippen LogP contribution in [-0.4, -0.2) is 33.6 Å². The summed E-state index contributed by atoms with van der Waals surface area (Å²) in [5, 5.41) is 18.3. The number of furan rings is 1. The molecule has 2 aliphatic heterocycles. The van der Waals surface area contributed by atoms with Gasteiger partial charge in [0.2, 0.25) is 5.17 Å². The summed E-state index contributed by atoms with van der Waals surface area (Å²) >= 11 is 2.73. The molecular weight excluding hydrogens is 492 g/mol. The Bertz CT molecular complexity index is 1590. The monoisotopic (exact) mass is 510 g/mol. The molecule has 0 atom stereocenters. The predicted molar refractivity (Wildman–Crippen MR) is 144 cm³/mol. The van der Waals surface area contributed by atoms with Crippen LogP contribution in [0.25, 0.3) is 16.8 Å². The van der Waals surface area contributed by atoms with Gasteiger partial charge in [-0.05, 0) is 58.9 Å². The molecule has 36 heavy (non-hydrogen) atoms. The van der Waals surface area contributed by atoms with E-state index in [1.165, 1.54) is 34.6 Å². The van der Waals surface area contributed by atoms with Crippen molar-refractivity contribution in [1.29, 1.82) is 5.41 Å². The Morgan fingerprint density at radius 2 is 1.81 bits per heavy atom. The highest BCUT2D eigenvalue weighted by Gasteiger charge is 2.36. The molecule has 0 saturated heterocycles. The normalized spacial score (nSPS) is 16.3. The summed E-state index contributed by atoms with van der Waals surface area (Å²) in [7, 11) is 0. The topological polar surface area (TPSA) is 91.2 Å². The van der Waals surface area contributed by atoms with Gasteiger partial charge in [0.1, 0.15) is 23.2 Å². The number of amides is 1. The Hall–Kier alpha value is -4.08. The maximum Gasteiger partial charge on any atom is 0.283 e. The number of ether oxygens (including phenoxy) is 1. The number of para-hydroxylation sites is 1. The molecule has 0 fully saturated rings. The summed E-state index contributed by atoms with van der Waals surface area (Å²) in [6.45, 7) is 0.220. The van der Waals surface area contributed by atoms with Gasteiger partial charge < -0.3 is 9.15 Å². The third kappa shape index (κ3) is 4.46. The molecule has 0 spiro atoms. The summed E-state index contributed by atoms with van der Waals surface area (Å²) in [5.74, 6) is 0.632. The molecule has 0 unspecified atom stereocenters. The van der Waals surface area contributed by atoms with Crippen LogP contribution in [-0.2, 0) is 4.79 Å². The Balaban J connectivity index is 1.19. The minimum Gasteiger partial charge on any atom is -0.487 e. The maximum atomic E-state index is 12.7. The molecule has 0 radical (unpaired) electrons. The lowest BCUT2D eigenvalue weighted by molar-refractivity contribution is -0.114. The van der Waals surface area contributed by atoms with Gasteiger partial charge in [0, 0.05) is 4.90 Å². The first kappa shape index (κ1) is 22.4. The third-order valence-electron chi connectivity index (χ3n) is 5.45. The number of hydrazone groups is 1. The number of thioether (sulfide) groups is 1. The molecule has 0 bridgehead atoms. The van der Waals surface area contributed by atoms with Crippen molar-refractivity contribution >= 4 is 62.3 Å². The van der Waals surface area contributed by atoms with Crippen LogP contribution in [0.4, 0.5) is 0 Å². The Morgan fingerprint density at radius 3 is 2.69 bits per heavy atom. The van der Waals surface area contributed by atoms with E-state index < -0.39 is 5.91 Å². The van der Waals surface area contributed by atoms with Gasteiger partial charge in [-0.15, -0.1) is 0 Å². The quantitative estimate of drug-likeness (QED) is 0.307. The van der Waals surface area contributed by atoms with Crippen LogP contribution in [0.15, 0.2) is 115 Å². The minimum absolute atomic E-state index is 0.0492. The zero-order valence-electron chi connectivity index (χ0n) is 18.8. The number of carbonyl (C=O) groups excluding carboxylic acids is 1. The average Bonchev–Trinajstić information content (AvgIpc) is 3.53. The second-order valence-electron chi connectivity index (χ2n) is 7.85. The van der Waals surface area contributed by atoms with Gasteiger partial charge >= 0.3 is 0 Å². The van der Waals surface area contributed by atoms with Crippen LogP contribution in [0.2, 0.25) is 0 Å². The number of aliphatic imine (C=N–C) groups is 1. The van der Waals surface area contributed by atoms with Crippen LogP contribution in [0.3, 0.4) is 0 Å². The molecule has 7 nitrogen and oxygen atoms in total. The molecule has 6 rings (SSSR count). The zero-order valence-corrected chi connectivity index (χ0v) is 20.4. The molecule has 0 aliphatic carbocycles. The number of hydrogen-bond acceptors (Lipinski definition) is 7. The Kier molecular flexibility index (Phi) is 5.92. The van der Waals surface area contributed by atoms with Crippen molar-refractivity contribution in [3.05, 3.63) is 96.3 Å². The van der Waals surface area contributed by atoms with Crippen LogP contribution >= 0.6 is 23.5 Å². The van der Waals surface area contributed by atoms with Gasteiger partial charge in [-0.3, -0.25) is 10.2 Å². The van der Waals surface area contributed by atoms with Crippen molar-refractivity contribution in [2.45, 2.75) is 9.99 Å². The number of amidine groups is 2. The van der Waals surface area contributed by atoms with E-state index in [0.29, 0.717) is 26.8 Å². The van der Waals surface area contributed by atoms with Crippen LogP contribution in [0.5, 0.6) is 5.75 Å². The van der Waals surface area contributed by atoms with Crippen LogP contribution < -0.4 is 4.74 Å². The van der Waals surface area contributed by atoms with E-state index >= 15 is 0 Å². The van der Waals surface area contributed by atoms with Gasteiger partial charge in [-0.2, -0.15) is 15.1 Å². The lowest BCUT2D eigenvalue weighted by Crippen LogP contribution is -2.35. The van der Waals surface area contributed by atoms with E-state index in [1.54, 1.807) is 6.07 Å². The molecule has 1 N–H and O–H groups in total. The van der Waals surface area contributed by atoms with Crippen LogP contribution in [0.1, 0.15) is 5.76 Å². The van der Waals surface area contributed by atoms with E-state index in [1.807, 2.05) is 60.7 Å². The van der Waals surface area contributed by atoms with Crippen molar-refractivity contribution in [3.8, 4) is 5.75 Å². The molecule has 1 amide bonds. The molecule has 1 aromatic heterocycles. The van der Waals surface area contributed by atoms with Crippen LogP contribution in [0, 0.1) is 5.41 Å². The Labute approximate surface area is 215 Å². The van der Waals surface area contributed by atoms with Crippen molar-refractivity contribution in [2.75, 3.05) is 6.61 Å². The molecular formula is C27H18N4O3S2. The number of nitrogens with one attached hydrogen (secondary N) is 1. The highest BCUT2D eigenvalue weighted by molar-refractivity contribution is 8.27. The molecule has 0 saturated carbocycles. The van der Waals surface area contributed by atoms with E-state index in [-0.39, 0.29) is 18.0 Å². The summed E-state index contributed by atoms with van der Waals surface area (Å²) in [5.41, 5.74) is 0.115. The number of fused-ring (bicyclic) bond motifs is 2. The van der Waals surface area contributed by atoms with E-state index in [9.17, 15) is 4.79 Å². The maximum absolute atomic E-state index is 12.7. The highest BCUT2D eigenvalue weighted by Crippen LogP contribution is 2.35. The SMILES string of the molecule is N=C1/C(=C\c2ccc(Sc3cccc4ccccc34)o2)C(=O)N=C2SC(COc3ccccc3)=NN12. The smallest absolute Gasteiger partial charge is 0.283 e. The average molecular weight is 511 g/mol. The summed E-state index contributed by atoms with van der Waals surface area (Å²) < 4.78 is 11.7. The lowest BCUT2D eigenvalue weighted by atomic mass is 10.1. The van der Waals surface area contributed by atoms with Gasteiger partial charge in [0.15, 0.2) is 10.9 Å². The standard InChI is InChI=1S/C27H18N4O3S2/c28-25-21(26(32)29-27-31(25)30-23(36-27)16-33-18-9-2-1-3-10-18)15-19-13-14-24(34-19)35-22-12-6-8-17-7-4-5-11-20(17)22/h1-15,28H,16H2/b21-15+,28-25?. The first-order valence-corrected chi connectivity index (χ1v) is 12.7. The Morgan fingerprint density at radius 1 is 1.00 bits per heavy atom. The number of nitrogens with zero attached hydrogens (tertiary/aromatic N) is 3. The van der Waals surface area contributed by atoms with Gasteiger partial charge in [0.25, 0.3) is 5.91 Å². The highest BCUT2D eigenvalue weighted by atomic mass is 32.2. The first-order valence-electron chi connectivity index (χ1n) is 11.1. The van der Waals surface area contributed by atoms with Crippen molar-refractivity contribution in [1.82, 2.24) is 5.01 Å². The van der Waals surface area contributed by atoms with Gasteiger partial charge in [0.05, 0.1) is 5.57 Å². The molecule has 176 valence electrons. The fourth-order valence-electron chi connectivity index (χ4n) is 3.75. The minimum atomic E-state index is -0.501. The second kappa shape index (κ2) is 9.52. The number of rotatable bonds is 6. The van der Waals surface area contributed by atoms with Crippen molar-refractivity contribution in [2.24, 2.45) is 10.1 Å². The van der Waals surface area contributed by atoms with E-state index in [0.717, 1.165) is 15.7 Å². The lowest BCUT2D eigenvalue weighted by Gasteiger charge is -2.19. The molecule has 9 heteroatoms. The summed E-state index contributed by atoms with van der Waals surface area (Å²) in [6.07, 6.45) is 1.54. The fraction of sp³-hybridized carbons (Fsp3) is 0.0370. The van der Waals surface area contributed by atoms with E-state index in [2.05, 4.69) is 28.3 Å². The fourth-order valence-corrected chi connectivity index (χ4v) is 5.49. The predicted octanol–water partition coefficient (Wildman–Crippen LogP) is 6.28.